The Morgan fingerprint density at radius 2 is 1.94 bits per heavy atom. The highest BCUT2D eigenvalue weighted by Crippen LogP contribution is 2.11. The Morgan fingerprint density at radius 3 is 2.44 bits per heavy atom. The smallest absolute Gasteiger partial charge is 0.241 e. The third-order valence-electron chi connectivity index (χ3n) is 2.92. The molecule has 1 amide bonds. The zero-order valence-corrected chi connectivity index (χ0v) is 11.2. The van der Waals surface area contributed by atoms with Crippen LogP contribution in [0.15, 0.2) is 30.3 Å². The van der Waals surface area contributed by atoms with Crippen molar-refractivity contribution in [1.29, 1.82) is 0 Å². The average molecular weight is 250 g/mol. The number of nitrogens with one attached hydrogen (secondary N) is 1. The maximum Gasteiger partial charge on any atom is 0.241 e. The number of hydrogen-bond acceptors (Lipinski definition) is 3. The van der Waals surface area contributed by atoms with E-state index in [1.54, 1.807) is 7.11 Å². The number of carbonyl (C=O) groups is 1. The molecule has 0 heterocycles. The maximum atomic E-state index is 12.0. The molecule has 1 aromatic rings. The molecule has 0 bridgehead atoms. The Bertz CT molecular complexity index is 365. The molecule has 0 saturated carbocycles. The quantitative estimate of drug-likeness (QED) is 0.803. The van der Waals surface area contributed by atoms with E-state index in [9.17, 15) is 4.79 Å². The molecule has 1 aromatic carbocycles. The third kappa shape index (κ3) is 4.13. The predicted molar refractivity (Wildman–Crippen MR) is 72.0 cm³/mol. The topological polar surface area (TPSA) is 64.3 Å². The Hall–Kier alpha value is -1.39. The van der Waals surface area contributed by atoms with Gasteiger partial charge in [-0.15, -0.1) is 0 Å². The van der Waals surface area contributed by atoms with Crippen LogP contribution >= 0.6 is 0 Å². The monoisotopic (exact) mass is 250 g/mol. The van der Waals surface area contributed by atoms with Crippen LogP contribution in [0.1, 0.15) is 25.5 Å². The highest BCUT2D eigenvalue weighted by atomic mass is 16.5. The summed E-state index contributed by atoms with van der Waals surface area (Å²) in [6.45, 7) is 4.57. The predicted octanol–water partition coefficient (Wildman–Crippen LogP) is 1.47. The van der Waals surface area contributed by atoms with E-state index in [2.05, 4.69) is 5.32 Å². The van der Waals surface area contributed by atoms with Gasteiger partial charge in [0.15, 0.2) is 0 Å². The molecule has 100 valence electrons. The van der Waals surface area contributed by atoms with Gasteiger partial charge >= 0.3 is 0 Å². The van der Waals surface area contributed by atoms with Gasteiger partial charge in [-0.1, -0.05) is 44.2 Å². The SMILES string of the molecule is COCC(NC(=O)C(N)c1ccccc1)C(C)C. The fourth-order valence-corrected chi connectivity index (χ4v) is 1.66. The maximum absolute atomic E-state index is 12.0. The molecule has 0 radical (unpaired) electrons. The van der Waals surface area contributed by atoms with Crippen molar-refractivity contribution in [2.45, 2.75) is 25.9 Å². The molecule has 2 unspecified atom stereocenters. The van der Waals surface area contributed by atoms with E-state index >= 15 is 0 Å². The lowest BCUT2D eigenvalue weighted by Gasteiger charge is -2.23. The first-order valence-corrected chi connectivity index (χ1v) is 6.16. The van der Waals surface area contributed by atoms with E-state index in [1.165, 1.54) is 0 Å². The van der Waals surface area contributed by atoms with Crippen molar-refractivity contribution in [1.82, 2.24) is 5.32 Å². The van der Waals surface area contributed by atoms with Gasteiger partial charge in [-0.2, -0.15) is 0 Å². The summed E-state index contributed by atoms with van der Waals surface area (Å²) in [5.41, 5.74) is 6.75. The number of methoxy groups -OCH3 is 1. The standard InChI is InChI=1S/C14H22N2O2/c1-10(2)12(9-18-3)16-14(17)13(15)11-7-5-4-6-8-11/h4-8,10,12-13H,9,15H2,1-3H3,(H,16,17). The van der Waals surface area contributed by atoms with E-state index in [4.69, 9.17) is 10.5 Å². The summed E-state index contributed by atoms with van der Waals surface area (Å²) >= 11 is 0. The fraction of sp³-hybridized carbons (Fsp3) is 0.500. The van der Waals surface area contributed by atoms with Crippen LogP contribution in [0.2, 0.25) is 0 Å². The lowest BCUT2D eigenvalue weighted by atomic mass is 10.0. The molecule has 0 fully saturated rings. The van der Waals surface area contributed by atoms with Crippen LogP contribution in [-0.2, 0) is 9.53 Å². The van der Waals surface area contributed by atoms with Crippen molar-refractivity contribution < 1.29 is 9.53 Å². The van der Waals surface area contributed by atoms with Crippen LogP contribution in [0.25, 0.3) is 0 Å². The Balaban J connectivity index is 2.64. The molecule has 4 nitrogen and oxygen atoms in total. The lowest BCUT2D eigenvalue weighted by Crippen LogP contribution is -2.45. The minimum atomic E-state index is -0.635. The number of carbonyl (C=O) groups excluding carboxylic acids is 1. The second-order valence-electron chi connectivity index (χ2n) is 4.70. The lowest BCUT2D eigenvalue weighted by molar-refractivity contribution is -0.124. The number of rotatable bonds is 6. The van der Waals surface area contributed by atoms with E-state index in [-0.39, 0.29) is 11.9 Å². The van der Waals surface area contributed by atoms with E-state index < -0.39 is 6.04 Å². The largest absolute Gasteiger partial charge is 0.383 e. The zero-order valence-electron chi connectivity index (χ0n) is 11.2. The molecular weight excluding hydrogens is 228 g/mol. The van der Waals surface area contributed by atoms with Gasteiger partial charge in [-0.25, -0.2) is 0 Å². The number of nitrogens with two attached hydrogens (primary N) is 1. The Kier molecular flexibility index (Phi) is 5.82. The molecule has 0 aromatic heterocycles. The van der Waals surface area contributed by atoms with E-state index in [0.717, 1.165) is 5.56 Å². The van der Waals surface area contributed by atoms with Crippen LogP contribution in [0, 0.1) is 5.92 Å². The molecule has 4 heteroatoms. The number of amides is 1. The summed E-state index contributed by atoms with van der Waals surface area (Å²) in [5, 5.41) is 2.93. The summed E-state index contributed by atoms with van der Waals surface area (Å²) in [6.07, 6.45) is 0. The third-order valence-corrected chi connectivity index (χ3v) is 2.92. The zero-order chi connectivity index (χ0) is 13.5. The summed E-state index contributed by atoms with van der Waals surface area (Å²) in [6, 6.07) is 8.70. The Labute approximate surface area is 109 Å². The molecule has 0 aliphatic heterocycles. The molecular formula is C14H22N2O2. The van der Waals surface area contributed by atoms with Crippen molar-refractivity contribution in [2.24, 2.45) is 11.7 Å². The van der Waals surface area contributed by atoms with Crippen molar-refractivity contribution in [3.05, 3.63) is 35.9 Å². The molecule has 2 atom stereocenters. The van der Waals surface area contributed by atoms with Crippen LogP contribution in [-0.4, -0.2) is 25.7 Å². The fourth-order valence-electron chi connectivity index (χ4n) is 1.66. The second-order valence-corrected chi connectivity index (χ2v) is 4.70. The van der Waals surface area contributed by atoms with Crippen LogP contribution in [0.5, 0.6) is 0 Å². The van der Waals surface area contributed by atoms with Crippen LogP contribution in [0.4, 0.5) is 0 Å². The minimum Gasteiger partial charge on any atom is -0.383 e. The summed E-state index contributed by atoms with van der Waals surface area (Å²) in [4.78, 5) is 12.0. The van der Waals surface area contributed by atoms with Gasteiger partial charge in [0, 0.05) is 7.11 Å². The van der Waals surface area contributed by atoms with Crippen LogP contribution in [0.3, 0.4) is 0 Å². The van der Waals surface area contributed by atoms with Gasteiger partial charge in [-0.3, -0.25) is 4.79 Å². The first kappa shape index (κ1) is 14.7. The van der Waals surface area contributed by atoms with Crippen molar-refractivity contribution in [3.63, 3.8) is 0 Å². The highest BCUT2D eigenvalue weighted by molar-refractivity contribution is 5.83. The average Bonchev–Trinajstić information content (AvgIpc) is 2.38. The number of benzene rings is 1. The van der Waals surface area contributed by atoms with Gasteiger partial charge in [-0.05, 0) is 11.5 Å². The Morgan fingerprint density at radius 1 is 1.33 bits per heavy atom. The van der Waals surface area contributed by atoms with Crippen molar-refractivity contribution in [2.75, 3.05) is 13.7 Å². The van der Waals surface area contributed by atoms with Crippen LogP contribution < -0.4 is 11.1 Å². The van der Waals surface area contributed by atoms with E-state index in [1.807, 2.05) is 44.2 Å². The van der Waals surface area contributed by atoms with Gasteiger partial charge in [0.25, 0.3) is 0 Å². The van der Waals surface area contributed by atoms with Crippen molar-refractivity contribution >= 4 is 5.91 Å². The summed E-state index contributed by atoms with van der Waals surface area (Å²) in [5.74, 6) is 0.133. The molecule has 18 heavy (non-hydrogen) atoms. The van der Waals surface area contributed by atoms with Crippen molar-refractivity contribution in [3.8, 4) is 0 Å². The van der Waals surface area contributed by atoms with E-state index in [0.29, 0.717) is 12.5 Å². The molecule has 1 rings (SSSR count). The van der Waals surface area contributed by atoms with Gasteiger partial charge in [0.05, 0.1) is 12.6 Å². The summed E-state index contributed by atoms with van der Waals surface area (Å²) < 4.78 is 5.10. The normalized spacial score (nSPS) is 14.3. The first-order valence-electron chi connectivity index (χ1n) is 6.16. The number of hydrogen-bond donors (Lipinski definition) is 2. The molecule has 3 N–H and O–H groups in total. The first-order chi connectivity index (χ1) is 8.56. The highest BCUT2D eigenvalue weighted by Gasteiger charge is 2.21. The molecule has 0 spiro atoms. The minimum absolute atomic E-state index is 0.0164. The number of ether oxygens (including phenoxy) is 1. The second kappa shape index (κ2) is 7.13. The van der Waals surface area contributed by atoms with Gasteiger partial charge < -0.3 is 15.8 Å². The molecule has 0 aliphatic carbocycles. The molecule has 0 saturated heterocycles. The molecule has 0 aliphatic rings. The van der Waals surface area contributed by atoms with Gasteiger partial charge in [0.2, 0.25) is 5.91 Å². The summed E-state index contributed by atoms with van der Waals surface area (Å²) in [7, 11) is 1.62. The van der Waals surface area contributed by atoms with Gasteiger partial charge in [0.1, 0.15) is 6.04 Å².